The van der Waals surface area contributed by atoms with E-state index in [1.165, 1.54) is 12.1 Å². The van der Waals surface area contributed by atoms with Crippen molar-refractivity contribution >= 4 is 27.4 Å². The van der Waals surface area contributed by atoms with Crippen molar-refractivity contribution in [3.63, 3.8) is 0 Å². The number of nitrogens with zero attached hydrogens (tertiary/aromatic N) is 4. The Morgan fingerprint density at radius 1 is 1.32 bits per heavy atom. The molecule has 11 heteroatoms. The summed E-state index contributed by atoms with van der Waals surface area (Å²) in [5, 5.41) is 8.18. The Morgan fingerprint density at radius 2 is 2.13 bits per heavy atom. The molecule has 31 heavy (non-hydrogen) atoms. The molecule has 1 aromatic carbocycles. The molecule has 0 spiro atoms. The molecule has 3 heterocycles. The van der Waals surface area contributed by atoms with Crippen molar-refractivity contribution in [2.45, 2.75) is 31.3 Å². The van der Waals surface area contributed by atoms with Gasteiger partial charge >= 0.3 is 0 Å². The predicted molar refractivity (Wildman–Crippen MR) is 110 cm³/mol. The van der Waals surface area contributed by atoms with Crippen molar-refractivity contribution in [2.75, 3.05) is 11.5 Å². The van der Waals surface area contributed by atoms with Gasteiger partial charge in [0.25, 0.3) is 5.91 Å². The summed E-state index contributed by atoms with van der Waals surface area (Å²) in [6.07, 6.45) is 3.79. The van der Waals surface area contributed by atoms with Gasteiger partial charge in [-0.25, -0.2) is 22.8 Å². The van der Waals surface area contributed by atoms with E-state index in [1.54, 1.807) is 36.1 Å². The number of carbonyl (C=O) groups excluding carboxylic acids is 2. The molecule has 1 aromatic heterocycles. The topological polar surface area (TPSA) is 114 Å². The van der Waals surface area contributed by atoms with Crippen molar-refractivity contribution in [1.29, 1.82) is 0 Å². The summed E-state index contributed by atoms with van der Waals surface area (Å²) >= 11 is 0. The van der Waals surface area contributed by atoms with Crippen LogP contribution >= 0.6 is 0 Å². The molecule has 2 aliphatic heterocycles. The first kappa shape index (κ1) is 21.2. The summed E-state index contributed by atoms with van der Waals surface area (Å²) in [4.78, 5) is 29.6. The lowest BCUT2D eigenvalue weighted by molar-refractivity contribution is -0.133. The SMILES string of the molecule is Cn1ccnc1[C@H](NC(=O)C1=NN([C@@H]2CCS(=O)(=O)C2)C(=O)CC1)c1cccc(F)c1. The molecule has 9 nitrogen and oxygen atoms in total. The van der Waals surface area contributed by atoms with E-state index in [-0.39, 0.29) is 36.0 Å². The van der Waals surface area contributed by atoms with Gasteiger partial charge in [0.15, 0.2) is 9.84 Å². The fourth-order valence-corrected chi connectivity index (χ4v) is 5.53. The first-order valence-corrected chi connectivity index (χ1v) is 11.7. The third-order valence-corrected chi connectivity index (χ3v) is 7.20. The summed E-state index contributed by atoms with van der Waals surface area (Å²) in [6, 6.07) is 4.57. The Morgan fingerprint density at radius 3 is 2.77 bits per heavy atom. The molecule has 0 radical (unpaired) electrons. The van der Waals surface area contributed by atoms with E-state index in [0.29, 0.717) is 17.8 Å². The van der Waals surface area contributed by atoms with Gasteiger partial charge < -0.3 is 9.88 Å². The normalized spacial score (nSPS) is 21.6. The highest BCUT2D eigenvalue weighted by molar-refractivity contribution is 7.91. The summed E-state index contributed by atoms with van der Waals surface area (Å²) in [6.45, 7) is 0. The van der Waals surface area contributed by atoms with E-state index in [9.17, 15) is 22.4 Å². The van der Waals surface area contributed by atoms with Crippen LogP contribution in [0.25, 0.3) is 0 Å². The maximum Gasteiger partial charge on any atom is 0.268 e. The first-order chi connectivity index (χ1) is 14.7. The molecule has 4 rings (SSSR count). The molecule has 1 saturated heterocycles. The van der Waals surface area contributed by atoms with Crippen molar-refractivity contribution in [3.8, 4) is 0 Å². The van der Waals surface area contributed by atoms with E-state index in [0.717, 1.165) is 5.01 Å². The number of imidazole rings is 1. The molecule has 0 aliphatic carbocycles. The van der Waals surface area contributed by atoms with E-state index in [4.69, 9.17) is 0 Å². The van der Waals surface area contributed by atoms with Crippen LogP contribution in [-0.2, 0) is 26.5 Å². The van der Waals surface area contributed by atoms with Gasteiger partial charge in [0.1, 0.15) is 23.4 Å². The number of aromatic nitrogens is 2. The number of carbonyl (C=O) groups is 2. The highest BCUT2D eigenvalue weighted by Gasteiger charge is 2.37. The summed E-state index contributed by atoms with van der Waals surface area (Å²) < 4.78 is 39.1. The standard InChI is InChI=1S/C20H22FN5O4S/c1-25-9-8-22-19(25)18(13-3-2-4-14(21)11-13)23-20(28)16-5-6-17(27)26(24-16)15-7-10-31(29,30)12-15/h2-4,8-9,11,15,18H,5-7,10,12H2,1H3,(H,23,28)/t15-,18-/m1/s1. The summed E-state index contributed by atoms with van der Waals surface area (Å²) in [7, 11) is -1.45. The molecule has 2 atom stereocenters. The zero-order chi connectivity index (χ0) is 22.2. The molecule has 2 amide bonds. The molecule has 2 aliphatic rings. The molecule has 1 fully saturated rings. The highest BCUT2D eigenvalue weighted by Crippen LogP contribution is 2.24. The van der Waals surface area contributed by atoms with E-state index < -0.39 is 33.6 Å². The van der Waals surface area contributed by atoms with E-state index >= 15 is 0 Å². The predicted octanol–water partition coefficient (Wildman–Crippen LogP) is 0.930. The third kappa shape index (κ3) is 4.50. The fraction of sp³-hybridized carbons (Fsp3) is 0.400. The van der Waals surface area contributed by atoms with E-state index in [2.05, 4.69) is 15.4 Å². The van der Waals surface area contributed by atoms with Gasteiger partial charge in [-0.1, -0.05) is 12.1 Å². The molecule has 164 valence electrons. The average molecular weight is 447 g/mol. The van der Waals surface area contributed by atoms with Gasteiger partial charge in [-0.05, 0) is 24.1 Å². The molecule has 1 N–H and O–H groups in total. The van der Waals surface area contributed by atoms with Gasteiger partial charge in [0.2, 0.25) is 5.91 Å². The van der Waals surface area contributed by atoms with Crippen molar-refractivity contribution < 1.29 is 22.4 Å². The van der Waals surface area contributed by atoms with Crippen LogP contribution in [0.3, 0.4) is 0 Å². The quantitative estimate of drug-likeness (QED) is 0.733. The third-order valence-electron chi connectivity index (χ3n) is 5.45. The zero-order valence-electron chi connectivity index (χ0n) is 16.9. The Bertz CT molecular complexity index is 1160. The van der Waals surface area contributed by atoms with Crippen LogP contribution in [0, 0.1) is 5.82 Å². The van der Waals surface area contributed by atoms with Crippen LogP contribution in [0.2, 0.25) is 0 Å². The minimum absolute atomic E-state index is 0.000694. The van der Waals surface area contributed by atoms with Crippen LogP contribution in [0.1, 0.15) is 36.7 Å². The van der Waals surface area contributed by atoms with Crippen molar-refractivity contribution in [1.82, 2.24) is 19.9 Å². The first-order valence-electron chi connectivity index (χ1n) is 9.87. The zero-order valence-corrected chi connectivity index (χ0v) is 17.7. The van der Waals surface area contributed by atoms with Crippen LogP contribution in [0.5, 0.6) is 0 Å². The second kappa shape index (κ2) is 8.22. The maximum atomic E-state index is 13.8. The smallest absolute Gasteiger partial charge is 0.268 e. The van der Waals surface area contributed by atoms with Crippen molar-refractivity contribution in [3.05, 3.63) is 53.9 Å². The molecular formula is C20H22FN5O4S. The lowest BCUT2D eigenvalue weighted by Crippen LogP contribution is -2.44. The number of amides is 2. The second-order valence-corrected chi connectivity index (χ2v) is 9.93. The number of rotatable bonds is 5. The van der Waals surface area contributed by atoms with Gasteiger partial charge in [-0.2, -0.15) is 5.10 Å². The number of nitrogens with one attached hydrogen (secondary N) is 1. The van der Waals surface area contributed by atoms with Crippen LogP contribution in [-0.4, -0.2) is 58.1 Å². The van der Waals surface area contributed by atoms with Crippen LogP contribution in [0.15, 0.2) is 41.8 Å². The number of hydrazone groups is 1. The van der Waals surface area contributed by atoms with Gasteiger partial charge in [0.05, 0.1) is 17.5 Å². The Hall–Kier alpha value is -3.08. The number of aryl methyl sites for hydroxylation is 1. The number of sulfone groups is 1. The fourth-order valence-electron chi connectivity index (χ4n) is 3.84. The van der Waals surface area contributed by atoms with Gasteiger partial charge in [0, 0.05) is 32.3 Å². The number of hydrogen-bond donors (Lipinski definition) is 1. The monoisotopic (exact) mass is 447 g/mol. The number of benzene rings is 1. The molecular weight excluding hydrogens is 425 g/mol. The van der Waals surface area contributed by atoms with Crippen LogP contribution in [0.4, 0.5) is 4.39 Å². The minimum atomic E-state index is -3.21. The Labute approximate surface area is 178 Å². The average Bonchev–Trinajstić information content (AvgIpc) is 3.31. The molecule has 0 bridgehead atoms. The largest absolute Gasteiger partial charge is 0.337 e. The number of halogens is 1. The van der Waals surface area contributed by atoms with Crippen molar-refractivity contribution in [2.24, 2.45) is 12.1 Å². The Kier molecular flexibility index (Phi) is 5.61. The molecule has 2 aromatic rings. The van der Waals surface area contributed by atoms with Gasteiger partial charge in [-0.15, -0.1) is 0 Å². The van der Waals surface area contributed by atoms with Gasteiger partial charge in [-0.3, -0.25) is 9.59 Å². The lowest BCUT2D eigenvalue weighted by atomic mass is 10.0. The summed E-state index contributed by atoms with van der Waals surface area (Å²) in [5.74, 6) is -0.916. The number of hydrogen-bond acceptors (Lipinski definition) is 6. The molecule has 0 unspecified atom stereocenters. The summed E-state index contributed by atoms with van der Waals surface area (Å²) in [5.41, 5.74) is 0.633. The van der Waals surface area contributed by atoms with E-state index in [1.807, 2.05) is 0 Å². The maximum absolute atomic E-state index is 13.8. The molecule has 0 saturated carbocycles. The lowest BCUT2D eigenvalue weighted by Gasteiger charge is -2.28. The van der Waals surface area contributed by atoms with Crippen LogP contribution < -0.4 is 5.32 Å². The Balaban J connectivity index is 1.60. The minimum Gasteiger partial charge on any atom is -0.337 e. The highest BCUT2D eigenvalue weighted by atomic mass is 32.2. The second-order valence-electron chi connectivity index (χ2n) is 7.70.